The van der Waals surface area contributed by atoms with E-state index in [2.05, 4.69) is 45.1 Å². The van der Waals surface area contributed by atoms with E-state index in [-0.39, 0.29) is 0 Å². The van der Waals surface area contributed by atoms with Crippen LogP contribution in [0.3, 0.4) is 0 Å². The monoisotopic (exact) mass is 298 g/mol. The quantitative estimate of drug-likeness (QED) is 0.876. The molecule has 1 fully saturated rings. The van der Waals surface area contributed by atoms with Gasteiger partial charge in [0.25, 0.3) is 0 Å². The first-order valence-electron chi connectivity index (χ1n) is 5.94. The van der Waals surface area contributed by atoms with Gasteiger partial charge in [0.2, 0.25) is 0 Å². The standard InChI is InChI=1S/C12H19BrN4/c1-8(17(2)10-3-4-10)6-15-12-11(13)5-9(14)7-16-12/h5,7-8,10H,3-4,6,14H2,1-2H3,(H,15,16). The summed E-state index contributed by atoms with van der Waals surface area (Å²) in [6.07, 6.45) is 4.34. The van der Waals surface area contributed by atoms with Gasteiger partial charge in [0.1, 0.15) is 5.82 Å². The van der Waals surface area contributed by atoms with Gasteiger partial charge >= 0.3 is 0 Å². The molecule has 5 heteroatoms. The maximum Gasteiger partial charge on any atom is 0.140 e. The normalized spacial score (nSPS) is 17.2. The number of nitrogens with one attached hydrogen (secondary N) is 1. The molecule has 1 aromatic rings. The Labute approximate surface area is 111 Å². The summed E-state index contributed by atoms with van der Waals surface area (Å²) in [6, 6.07) is 3.16. The molecule has 17 heavy (non-hydrogen) atoms. The molecule has 1 aromatic heterocycles. The first kappa shape index (κ1) is 12.6. The molecule has 1 aliphatic carbocycles. The van der Waals surface area contributed by atoms with Crippen LogP contribution in [0.5, 0.6) is 0 Å². The third kappa shape index (κ3) is 3.33. The molecule has 0 spiro atoms. The highest BCUT2D eigenvalue weighted by Crippen LogP contribution is 2.27. The minimum absolute atomic E-state index is 0.508. The van der Waals surface area contributed by atoms with Gasteiger partial charge < -0.3 is 11.1 Å². The second kappa shape index (κ2) is 5.23. The number of halogens is 1. The van der Waals surface area contributed by atoms with Crippen LogP contribution in [0, 0.1) is 0 Å². The molecule has 1 heterocycles. The molecule has 0 amide bonds. The highest BCUT2D eigenvalue weighted by Gasteiger charge is 2.28. The number of hydrogen-bond acceptors (Lipinski definition) is 4. The number of hydrogen-bond donors (Lipinski definition) is 2. The van der Waals surface area contributed by atoms with Crippen LogP contribution in [0.4, 0.5) is 11.5 Å². The molecule has 0 bridgehead atoms. The Morgan fingerprint density at radius 3 is 2.94 bits per heavy atom. The van der Waals surface area contributed by atoms with Crippen molar-refractivity contribution in [2.75, 3.05) is 24.6 Å². The van der Waals surface area contributed by atoms with Gasteiger partial charge in [-0.1, -0.05) is 0 Å². The molecule has 1 saturated carbocycles. The predicted molar refractivity (Wildman–Crippen MR) is 75.1 cm³/mol. The molecule has 3 N–H and O–H groups in total. The zero-order chi connectivity index (χ0) is 12.4. The summed E-state index contributed by atoms with van der Waals surface area (Å²) >= 11 is 3.46. The van der Waals surface area contributed by atoms with Crippen LogP contribution >= 0.6 is 15.9 Å². The van der Waals surface area contributed by atoms with Gasteiger partial charge in [-0.3, -0.25) is 4.90 Å². The lowest BCUT2D eigenvalue weighted by molar-refractivity contribution is 0.257. The summed E-state index contributed by atoms with van der Waals surface area (Å²) in [4.78, 5) is 6.70. The minimum Gasteiger partial charge on any atom is -0.397 e. The van der Waals surface area contributed by atoms with E-state index in [1.807, 2.05) is 6.07 Å². The second-order valence-corrected chi connectivity index (χ2v) is 5.58. The van der Waals surface area contributed by atoms with Crippen LogP contribution in [0.25, 0.3) is 0 Å². The largest absolute Gasteiger partial charge is 0.397 e. The molecule has 94 valence electrons. The van der Waals surface area contributed by atoms with Crippen LogP contribution in [-0.4, -0.2) is 35.6 Å². The van der Waals surface area contributed by atoms with E-state index in [4.69, 9.17) is 5.73 Å². The molecule has 2 rings (SSSR count). The Balaban J connectivity index is 1.88. The van der Waals surface area contributed by atoms with Crippen LogP contribution in [0.2, 0.25) is 0 Å². The zero-order valence-corrected chi connectivity index (χ0v) is 11.9. The fourth-order valence-corrected chi connectivity index (χ4v) is 2.32. The molecule has 1 atom stereocenters. The van der Waals surface area contributed by atoms with Crippen LogP contribution in [-0.2, 0) is 0 Å². The number of nitrogen functional groups attached to an aromatic ring is 1. The van der Waals surface area contributed by atoms with Gasteiger partial charge in [-0.05, 0) is 48.8 Å². The van der Waals surface area contributed by atoms with E-state index < -0.39 is 0 Å². The molecule has 0 aromatic carbocycles. The van der Waals surface area contributed by atoms with Crippen molar-refractivity contribution in [3.8, 4) is 0 Å². The summed E-state index contributed by atoms with van der Waals surface area (Å²) in [5.74, 6) is 0.857. The smallest absolute Gasteiger partial charge is 0.140 e. The summed E-state index contributed by atoms with van der Waals surface area (Å²) in [7, 11) is 2.19. The average molecular weight is 299 g/mol. The van der Waals surface area contributed by atoms with Crippen molar-refractivity contribution < 1.29 is 0 Å². The first-order valence-corrected chi connectivity index (χ1v) is 6.74. The Kier molecular flexibility index (Phi) is 3.89. The molecule has 1 aliphatic rings. The van der Waals surface area contributed by atoms with E-state index in [0.717, 1.165) is 22.9 Å². The van der Waals surface area contributed by atoms with Crippen molar-refractivity contribution in [3.05, 3.63) is 16.7 Å². The van der Waals surface area contributed by atoms with Gasteiger partial charge in [-0.2, -0.15) is 0 Å². The van der Waals surface area contributed by atoms with Crippen LogP contribution in [0.15, 0.2) is 16.7 Å². The van der Waals surface area contributed by atoms with Crippen molar-refractivity contribution in [2.45, 2.75) is 31.8 Å². The minimum atomic E-state index is 0.508. The SMILES string of the molecule is CC(CNc1ncc(N)cc1Br)N(C)C1CC1. The van der Waals surface area contributed by atoms with Crippen molar-refractivity contribution in [1.82, 2.24) is 9.88 Å². The maximum absolute atomic E-state index is 5.65. The molecule has 1 unspecified atom stereocenters. The number of nitrogens with two attached hydrogens (primary N) is 1. The predicted octanol–water partition coefficient (Wildman–Crippen LogP) is 2.32. The Morgan fingerprint density at radius 2 is 2.35 bits per heavy atom. The third-order valence-corrected chi connectivity index (χ3v) is 3.85. The van der Waals surface area contributed by atoms with Crippen LogP contribution in [0.1, 0.15) is 19.8 Å². The number of aromatic nitrogens is 1. The van der Waals surface area contributed by atoms with Gasteiger partial charge in [-0.15, -0.1) is 0 Å². The second-order valence-electron chi connectivity index (χ2n) is 4.73. The summed E-state index contributed by atoms with van der Waals surface area (Å²) in [5.41, 5.74) is 6.32. The highest BCUT2D eigenvalue weighted by atomic mass is 79.9. The fraction of sp³-hybridized carbons (Fsp3) is 0.583. The summed E-state index contributed by atoms with van der Waals surface area (Å²) < 4.78 is 0.916. The Morgan fingerprint density at radius 1 is 1.65 bits per heavy atom. The zero-order valence-electron chi connectivity index (χ0n) is 10.3. The lowest BCUT2D eigenvalue weighted by Crippen LogP contribution is -2.36. The maximum atomic E-state index is 5.65. The van der Waals surface area contributed by atoms with E-state index in [9.17, 15) is 0 Å². The Bertz CT molecular complexity index is 392. The molecule has 4 nitrogen and oxygen atoms in total. The lowest BCUT2D eigenvalue weighted by atomic mass is 10.3. The third-order valence-electron chi connectivity index (χ3n) is 3.25. The van der Waals surface area contributed by atoms with Gasteiger partial charge in [0.05, 0.1) is 16.4 Å². The van der Waals surface area contributed by atoms with Crippen LogP contribution < -0.4 is 11.1 Å². The van der Waals surface area contributed by atoms with Gasteiger partial charge in [-0.25, -0.2) is 4.98 Å². The molecule has 0 radical (unpaired) electrons. The van der Waals surface area contributed by atoms with E-state index >= 15 is 0 Å². The fourth-order valence-electron chi connectivity index (χ4n) is 1.81. The molecule has 0 saturated heterocycles. The molecule has 0 aliphatic heterocycles. The highest BCUT2D eigenvalue weighted by molar-refractivity contribution is 9.10. The van der Waals surface area contributed by atoms with Crippen molar-refractivity contribution >= 4 is 27.4 Å². The van der Waals surface area contributed by atoms with Crippen molar-refractivity contribution in [3.63, 3.8) is 0 Å². The number of nitrogens with zero attached hydrogens (tertiary/aromatic N) is 2. The Hall–Kier alpha value is -0.810. The molecular weight excluding hydrogens is 280 g/mol. The van der Waals surface area contributed by atoms with Gasteiger partial charge in [0, 0.05) is 18.6 Å². The van der Waals surface area contributed by atoms with E-state index in [1.165, 1.54) is 12.8 Å². The topological polar surface area (TPSA) is 54.2 Å². The number of likely N-dealkylation sites (N-methyl/N-ethyl adjacent to an activating group) is 1. The van der Waals surface area contributed by atoms with Gasteiger partial charge in [0.15, 0.2) is 0 Å². The lowest BCUT2D eigenvalue weighted by Gasteiger charge is -2.25. The summed E-state index contributed by atoms with van der Waals surface area (Å²) in [6.45, 7) is 3.12. The number of pyridine rings is 1. The van der Waals surface area contributed by atoms with E-state index in [1.54, 1.807) is 6.20 Å². The molecular formula is C12H19BrN4. The first-order chi connectivity index (χ1) is 8.08. The van der Waals surface area contributed by atoms with E-state index in [0.29, 0.717) is 11.7 Å². The summed E-state index contributed by atoms with van der Waals surface area (Å²) in [5, 5.41) is 3.35. The van der Waals surface area contributed by atoms with Crippen molar-refractivity contribution in [1.29, 1.82) is 0 Å². The number of anilines is 2. The average Bonchev–Trinajstić information content (AvgIpc) is 3.10. The number of rotatable bonds is 5. The van der Waals surface area contributed by atoms with Crippen molar-refractivity contribution in [2.24, 2.45) is 0 Å².